The summed E-state index contributed by atoms with van der Waals surface area (Å²) < 4.78 is 2.58. The Kier molecular flexibility index (Phi) is 19.4. The van der Waals surface area contributed by atoms with Gasteiger partial charge in [0.2, 0.25) is 0 Å². The van der Waals surface area contributed by atoms with Crippen LogP contribution in [0.25, 0.3) is 33.4 Å². The number of rotatable bonds is 23. The number of piperazine rings is 1. The second-order valence-electron chi connectivity index (χ2n) is 26.4. The Morgan fingerprint density at radius 2 is 1.77 bits per heavy atom. The minimum Gasteiger partial charge on any atom is -0.379 e. The maximum atomic E-state index is 5.93. The zero-order valence-corrected chi connectivity index (χ0v) is 51.3. The van der Waals surface area contributed by atoms with Crippen LogP contribution in [-0.2, 0) is 19.4 Å². The summed E-state index contributed by atoms with van der Waals surface area (Å²) in [5.41, 5.74) is 15.8. The van der Waals surface area contributed by atoms with Crippen molar-refractivity contribution >= 4 is 27.9 Å². The van der Waals surface area contributed by atoms with Crippen LogP contribution in [0.5, 0.6) is 0 Å². The molecule has 2 saturated carbocycles. The maximum Gasteiger partial charge on any atom is 0.0957 e. The molecule has 6 unspecified atom stereocenters. The van der Waals surface area contributed by atoms with Crippen LogP contribution in [-0.4, -0.2) is 137 Å². The molecule has 11 nitrogen and oxygen atoms in total. The van der Waals surface area contributed by atoms with E-state index in [1.807, 2.05) is 6.08 Å². The molecule has 6 atom stereocenters. The van der Waals surface area contributed by atoms with Gasteiger partial charge in [0, 0.05) is 122 Å². The summed E-state index contributed by atoms with van der Waals surface area (Å²) in [6.07, 6.45) is 29.2. The third kappa shape index (κ3) is 13.8. The second-order valence-corrected chi connectivity index (χ2v) is 27.3. The van der Waals surface area contributed by atoms with E-state index in [1.165, 1.54) is 135 Å². The fourth-order valence-corrected chi connectivity index (χ4v) is 15.5. The van der Waals surface area contributed by atoms with E-state index in [0.29, 0.717) is 30.0 Å². The standard InChI is InChI=1S/C61H90N10S.C7H11N/c1-11-14-27-61(8,9)37-53-51-34-48(24-25-56(51)70(13-3)60(53)52-35-50(38-62-58(52)43(4)5)68-33-32-67-29-19-17-23-49(67)41-68)55-42-72-57(65-55)36-54(45(7)71-30-20-18-28-63-71)64-44(6)59(47-21-15-16-22-47)69-31-26-46(40-69)39-66(10)12-2;1-2-6-7(8-6)5-3-4-5/h1,24-25,34-35,38,42-43,46-47,49,54,59,63-64H,6-7,12-23,26-33,36-37,39-41H2,2-5,8-10H3;2,5-8H,1,3-4H2. The number of benzene rings is 1. The Labute approximate surface area is 487 Å². The lowest BCUT2D eigenvalue weighted by Gasteiger charge is -2.45. The second kappa shape index (κ2) is 26.4. The highest BCUT2D eigenvalue weighted by Crippen LogP contribution is 2.45. The normalized spacial score (nSPS) is 23.7. The average Bonchev–Trinajstić information content (AvgIpc) is 4.16. The molecule has 1 aromatic carbocycles. The van der Waals surface area contributed by atoms with Gasteiger partial charge in [0.25, 0.3) is 0 Å². The molecule has 0 spiro atoms. The summed E-state index contributed by atoms with van der Waals surface area (Å²) in [5.74, 6) is 5.60. The van der Waals surface area contributed by atoms with Crippen molar-refractivity contribution in [2.24, 2.45) is 23.2 Å². The fourth-order valence-electron chi connectivity index (χ4n) is 14.6. The number of piperidine rings is 1. The molecule has 7 aliphatic rings. The van der Waals surface area contributed by atoms with Crippen LogP contribution in [0.1, 0.15) is 154 Å². The Hall–Kier alpha value is -4.48. The van der Waals surface area contributed by atoms with Crippen molar-refractivity contribution < 1.29 is 0 Å². The number of nitrogens with one attached hydrogen (secondary N) is 3. The molecule has 4 aromatic rings. The number of anilines is 1. The minimum atomic E-state index is -0.0258. The SMILES string of the molecule is C#CCCC(C)(C)Cc1c(-c2cc(N3CCN4CCCCC4C3)cnc2C(C)C)n(CC)c2ccc(-c3csc(CC(NC(=C)C(C4CCCC4)N4CCC(CN(C)CC)C4)C(=C)N4CCCCN4)n3)cc12.C=CC1NC1C1CC1. The predicted octanol–water partition coefficient (Wildman–Crippen LogP) is 12.5. The van der Waals surface area contributed by atoms with Crippen LogP contribution in [0.4, 0.5) is 5.69 Å². The van der Waals surface area contributed by atoms with E-state index in [0.717, 1.165) is 119 Å². The number of terminal acetylenes is 1. The quantitative estimate of drug-likeness (QED) is 0.0379. The van der Waals surface area contributed by atoms with E-state index >= 15 is 0 Å². The molecule has 8 heterocycles. The fraction of sp³-hybridized carbons (Fsp3) is 0.647. The Morgan fingerprint density at radius 3 is 2.49 bits per heavy atom. The van der Waals surface area contributed by atoms with Crippen LogP contribution < -0.4 is 21.0 Å². The number of thiazole rings is 1. The predicted molar refractivity (Wildman–Crippen MR) is 338 cm³/mol. The van der Waals surface area contributed by atoms with Crippen molar-refractivity contribution in [3.8, 4) is 34.9 Å². The third-order valence-electron chi connectivity index (χ3n) is 19.5. The third-order valence-corrected chi connectivity index (χ3v) is 20.4. The van der Waals surface area contributed by atoms with E-state index < -0.39 is 0 Å². The number of hydrogen-bond donors (Lipinski definition) is 3. The Balaban J connectivity index is 0.000000819. The molecule has 2 aliphatic carbocycles. The molecule has 3 aromatic heterocycles. The van der Waals surface area contributed by atoms with E-state index in [4.69, 9.17) is 29.5 Å². The summed E-state index contributed by atoms with van der Waals surface area (Å²) >= 11 is 1.78. The van der Waals surface area contributed by atoms with Gasteiger partial charge in [-0.25, -0.2) is 10.4 Å². The molecule has 434 valence electrons. The van der Waals surface area contributed by atoms with Crippen molar-refractivity contribution in [1.29, 1.82) is 0 Å². The highest BCUT2D eigenvalue weighted by Gasteiger charge is 2.45. The highest BCUT2D eigenvalue weighted by molar-refractivity contribution is 7.10. The van der Waals surface area contributed by atoms with Crippen molar-refractivity contribution in [3.63, 3.8) is 0 Å². The highest BCUT2D eigenvalue weighted by atomic mass is 32.1. The van der Waals surface area contributed by atoms with Crippen molar-refractivity contribution in [2.75, 3.05) is 77.4 Å². The summed E-state index contributed by atoms with van der Waals surface area (Å²) in [6.45, 7) is 39.3. The van der Waals surface area contributed by atoms with Crippen LogP contribution in [0.15, 0.2) is 73.0 Å². The maximum absolute atomic E-state index is 5.93. The smallest absolute Gasteiger partial charge is 0.0957 e. The number of likely N-dealkylation sites (tertiary alicyclic amines) is 1. The number of pyridine rings is 1. The largest absolute Gasteiger partial charge is 0.379 e. The molecular formula is C68H101N11S. The number of aromatic nitrogens is 3. The zero-order chi connectivity index (χ0) is 56.1. The van der Waals surface area contributed by atoms with Crippen LogP contribution in [0.3, 0.4) is 0 Å². The molecule has 5 aliphatic heterocycles. The van der Waals surface area contributed by atoms with Crippen LogP contribution in [0.2, 0.25) is 0 Å². The Bertz CT molecular complexity index is 2780. The first-order chi connectivity index (χ1) is 38.8. The number of hydrazine groups is 1. The van der Waals surface area contributed by atoms with Gasteiger partial charge in [0.15, 0.2) is 0 Å². The van der Waals surface area contributed by atoms with E-state index in [-0.39, 0.29) is 17.4 Å². The first kappa shape index (κ1) is 58.7. The molecular weight excluding hydrogens is 1000 g/mol. The number of nitrogens with zero attached hydrogens (tertiary/aromatic N) is 8. The molecule has 7 fully saturated rings. The number of hydrogen-bond acceptors (Lipinski definition) is 11. The van der Waals surface area contributed by atoms with Gasteiger partial charge in [-0.2, -0.15) is 0 Å². The molecule has 5 saturated heterocycles. The van der Waals surface area contributed by atoms with E-state index in [1.54, 1.807) is 11.3 Å². The molecule has 3 N–H and O–H groups in total. The van der Waals surface area contributed by atoms with Crippen molar-refractivity contribution in [1.82, 2.24) is 50.3 Å². The van der Waals surface area contributed by atoms with Gasteiger partial charge >= 0.3 is 0 Å². The lowest BCUT2D eigenvalue weighted by molar-refractivity contribution is 0.133. The average molecular weight is 1100 g/mol. The molecule has 12 heteroatoms. The lowest BCUT2D eigenvalue weighted by Crippen LogP contribution is -2.54. The summed E-state index contributed by atoms with van der Waals surface area (Å²) in [4.78, 5) is 21.5. The number of aryl methyl sites for hydroxylation is 1. The Morgan fingerprint density at radius 1 is 0.975 bits per heavy atom. The first-order valence-corrected chi connectivity index (χ1v) is 32.6. The van der Waals surface area contributed by atoms with Crippen molar-refractivity contribution in [2.45, 2.75) is 187 Å². The first-order valence-electron chi connectivity index (χ1n) is 31.7. The van der Waals surface area contributed by atoms with Gasteiger partial charge in [-0.05, 0) is 157 Å². The van der Waals surface area contributed by atoms with Gasteiger partial charge in [0.05, 0.1) is 46.1 Å². The minimum absolute atomic E-state index is 0.00518. The molecule has 0 bridgehead atoms. The van der Waals surface area contributed by atoms with Crippen molar-refractivity contribution in [3.05, 3.63) is 89.3 Å². The lowest BCUT2D eigenvalue weighted by atomic mass is 9.80. The van der Waals surface area contributed by atoms with Crippen LogP contribution >= 0.6 is 11.3 Å². The van der Waals surface area contributed by atoms with E-state index in [2.05, 4.69) is 142 Å². The van der Waals surface area contributed by atoms with E-state index in [9.17, 15) is 0 Å². The topological polar surface area (TPSA) is 92.9 Å². The molecule has 11 rings (SSSR count). The zero-order valence-electron chi connectivity index (χ0n) is 50.5. The summed E-state index contributed by atoms with van der Waals surface area (Å²) in [6, 6.07) is 12.1. The van der Waals surface area contributed by atoms with Gasteiger partial charge in [0.1, 0.15) is 0 Å². The van der Waals surface area contributed by atoms with Gasteiger partial charge < -0.3 is 30.0 Å². The molecule has 0 radical (unpaired) electrons. The monoisotopic (exact) mass is 1100 g/mol. The summed E-state index contributed by atoms with van der Waals surface area (Å²) in [5, 5.41) is 14.5. The van der Waals surface area contributed by atoms with Gasteiger partial charge in [-0.1, -0.05) is 79.2 Å². The molecule has 0 amide bonds. The van der Waals surface area contributed by atoms with Crippen LogP contribution in [0, 0.1) is 35.5 Å². The summed E-state index contributed by atoms with van der Waals surface area (Å²) in [7, 11) is 2.27. The number of fused-ring (bicyclic) bond motifs is 2. The van der Waals surface area contributed by atoms with Gasteiger partial charge in [-0.3, -0.25) is 14.8 Å². The van der Waals surface area contributed by atoms with Gasteiger partial charge in [-0.15, -0.1) is 30.3 Å². The molecule has 80 heavy (non-hydrogen) atoms.